The minimum atomic E-state index is -0.540. The smallest absolute Gasteiger partial charge is 0.282 e. The summed E-state index contributed by atoms with van der Waals surface area (Å²) in [5.41, 5.74) is 2.78. The topological polar surface area (TPSA) is 102 Å². The third kappa shape index (κ3) is 2.72. The van der Waals surface area contributed by atoms with Gasteiger partial charge >= 0.3 is 0 Å². The molecule has 1 fully saturated rings. The maximum Gasteiger partial charge on any atom is 0.282 e. The van der Waals surface area contributed by atoms with Crippen molar-refractivity contribution in [1.82, 2.24) is 4.90 Å². The van der Waals surface area contributed by atoms with Crippen molar-refractivity contribution in [3.8, 4) is 0 Å². The number of nitro groups is 1. The molecule has 1 amide bonds. The first kappa shape index (κ1) is 14.3. The Hall–Kier alpha value is -2.15. The minimum absolute atomic E-state index is 0.0826. The van der Waals surface area contributed by atoms with E-state index in [2.05, 4.69) is 5.43 Å². The Balaban J connectivity index is 2.38. The number of nitrogen functional groups attached to an aromatic ring is 1. The Morgan fingerprint density at radius 2 is 2.25 bits per heavy atom. The van der Waals surface area contributed by atoms with E-state index in [-0.39, 0.29) is 23.2 Å². The highest BCUT2D eigenvalue weighted by Gasteiger charge is 2.29. The van der Waals surface area contributed by atoms with Crippen molar-refractivity contribution in [3.05, 3.63) is 33.9 Å². The first-order valence-electron chi connectivity index (χ1n) is 6.60. The highest BCUT2D eigenvalue weighted by molar-refractivity contribution is 5.99. The Bertz CT molecular complexity index is 532. The number of nitrogens with two attached hydrogens (primary N) is 1. The van der Waals surface area contributed by atoms with Crippen LogP contribution in [0.2, 0.25) is 0 Å². The molecule has 1 heterocycles. The number of carbonyl (C=O) groups excluding carboxylic acids is 1. The van der Waals surface area contributed by atoms with Crippen molar-refractivity contribution in [1.29, 1.82) is 0 Å². The van der Waals surface area contributed by atoms with Crippen LogP contribution < -0.4 is 11.3 Å². The molecule has 0 aromatic heterocycles. The predicted octanol–water partition coefficient (Wildman–Crippen LogP) is 1.90. The van der Waals surface area contributed by atoms with Gasteiger partial charge in [-0.1, -0.05) is 0 Å². The van der Waals surface area contributed by atoms with E-state index in [4.69, 9.17) is 5.84 Å². The first-order valence-corrected chi connectivity index (χ1v) is 6.60. The summed E-state index contributed by atoms with van der Waals surface area (Å²) >= 11 is 0. The van der Waals surface area contributed by atoms with Crippen LogP contribution in [0.15, 0.2) is 18.2 Å². The van der Waals surface area contributed by atoms with Crippen LogP contribution in [-0.4, -0.2) is 28.3 Å². The van der Waals surface area contributed by atoms with E-state index in [9.17, 15) is 14.9 Å². The normalized spacial score (nSPS) is 18.7. The lowest BCUT2D eigenvalue weighted by atomic mass is 10.0. The molecule has 7 nitrogen and oxygen atoms in total. The van der Waals surface area contributed by atoms with E-state index in [1.807, 2.05) is 6.92 Å². The van der Waals surface area contributed by atoms with Crippen LogP contribution in [0.5, 0.6) is 0 Å². The van der Waals surface area contributed by atoms with Gasteiger partial charge in [0, 0.05) is 24.3 Å². The Morgan fingerprint density at radius 1 is 1.50 bits per heavy atom. The number of nitrogens with zero attached hydrogens (tertiary/aromatic N) is 2. The fourth-order valence-electron chi connectivity index (χ4n) is 2.51. The van der Waals surface area contributed by atoms with Gasteiger partial charge < -0.3 is 10.3 Å². The maximum absolute atomic E-state index is 12.6. The summed E-state index contributed by atoms with van der Waals surface area (Å²) in [7, 11) is 0. The second-order valence-corrected chi connectivity index (χ2v) is 4.98. The Morgan fingerprint density at radius 3 is 2.85 bits per heavy atom. The van der Waals surface area contributed by atoms with Crippen molar-refractivity contribution in [2.24, 2.45) is 5.84 Å². The molecule has 0 saturated carbocycles. The molecule has 20 heavy (non-hydrogen) atoms. The quantitative estimate of drug-likeness (QED) is 0.499. The summed E-state index contributed by atoms with van der Waals surface area (Å²) in [4.78, 5) is 24.8. The van der Waals surface area contributed by atoms with Gasteiger partial charge in [-0.25, -0.2) is 0 Å². The number of hydrogen-bond donors (Lipinski definition) is 2. The van der Waals surface area contributed by atoms with Crippen LogP contribution in [0.3, 0.4) is 0 Å². The highest BCUT2D eigenvalue weighted by atomic mass is 16.6. The number of amides is 1. The number of benzene rings is 1. The maximum atomic E-state index is 12.6. The number of hydrazine groups is 1. The molecule has 108 valence electrons. The molecule has 0 bridgehead atoms. The summed E-state index contributed by atoms with van der Waals surface area (Å²) in [5, 5.41) is 11.1. The van der Waals surface area contributed by atoms with Gasteiger partial charge in [0.25, 0.3) is 11.6 Å². The van der Waals surface area contributed by atoms with E-state index >= 15 is 0 Å². The van der Waals surface area contributed by atoms with Crippen LogP contribution in [-0.2, 0) is 0 Å². The van der Waals surface area contributed by atoms with Gasteiger partial charge in [0.1, 0.15) is 5.56 Å². The molecule has 1 unspecified atom stereocenters. The number of nitro benzene ring substituents is 1. The molecule has 0 aliphatic carbocycles. The molecule has 1 saturated heterocycles. The molecule has 1 aliphatic rings. The average Bonchev–Trinajstić information content (AvgIpc) is 2.46. The van der Waals surface area contributed by atoms with E-state index in [0.29, 0.717) is 12.2 Å². The van der Waals surface area contributed by atoms with Gasteiger partial charge in [-0.3, -0.25) is 20.8 Å². The fraction of sp³-hybridized carbons (Fsp3) is 0.462. The highest BCUT2D eigenvalue weighted by Crippen LogP contribution is 2.26. The van der Waals surface area contributed by atoms with Gasteiger partial charge in [0.2, 0.25) is 0 Å². The van der Waals surface area contributed by atoms with Crippen LogP contribution in [0.25, 0.3) is 0 Å². The van der Waals surface area contributed by atoms with Gasteiger partial charge in [-0.2, -0.15) is 0 Å². The summed E-state index contributed by atoms with van der Waals surface area (Å²) in [5.74, 6) is 5.00. The van der Waals surface area contributed by atoms with Crippen molar-refractivity contribution < 1.29 is 9.72 Å². The Labute approximate surface area is 116 Å². The van der Waals surface area contributed by atoms with Crippen LogP contribution in [0.4, 0.5) is 11.4 Å². The molecule has 1 aliphatic heterocycles. The number of likely N-dealkylation sites (tertiary alicyclic amines) is 1. The monoisotopic (exact) mass is 278 g/mol. The second kappa shape index (κ2) is 5.87. The summed E-state index contributed by atoms with van der Waals surface area (Å²) in [6.45, 7) is 2.60. The zero-order chi connectivity index (χ0) is 14.7. The molecule has 1 aromatic carbocycles. The fourth-order valence-corrected chi connectivity index (χ4v) is 2.51. The third-order valence-electron chi connectivity index (χ3n) is 3.65. The van der Waals surface area contributed by atoms with Crippen LogP contribution in [0, 0.1) is 10.1 Å². The molecule has 1 atom stereocenters. The van der Waals surface area contributed by atoms with E-state index in [1.54, 1.807) is 4.90 Å². The van der Waals surface area contributed by atoms with Crippen molar-refractivity contribution >= 4 is 17.3 Å². The molecular formula is C13H18N4O3. The summed E-state index contributed by atoms with van der Waals surface area (Å²) in [6, 6.07) is 4.32. The number of nitrogens with one attached hydrogen (secondary N) is 1. The average molecular weight is 278 g/mol. The lowest BCUT2D eigenvalue weighted by molar-refractivity contribution is -0.385. The van der Waals surface area contributed by atoms with E-state index < -0.39 is 4.92 Å². The zero-order valence-electron chi connectivity index (χ0n) is 11.3. The number of rotatable bonds is 3. The van der Waals surface area contributed by atoms with Crippen LogP contribution in [0.1, 0.15) is 36.5 Å². The largest absolute Gasteiger partial charge is 0.336 e. The van der Waals surface area contributed by atoms with Gasteiger partial charge in [0.15, 0.2) is 0 Å². The molecular weight excluding hydrogens is 260 g/mol. The molecule has 0 spiro atoms. The van der Waals surface area contributed by atoms with Crippen molar-refractivity contribution in [2.75, 3.05) is 12.0 Å². The van der Waals surface area contributed by atoms with Crippen molar-refractivity contribution in [2.45, 2.75) is 32.2 Å². The van der Waals surface area contributed by atoms with Gasteiger partial charge in [-0.05, 0) is 38.3 Å². The number of piperidine rings is 1. The summed E-state index contributed by atoms with van der Waals surface area (Å²) < 4.78 is 0. The lowest BCUT2D eigenvalue weighted by Crippen LogP contribution is -2.42. The molecule has 2 rings (SSSR count). The first-order chi connectivity index (χ1) is 9.54. The lowest BCUT2D eigenvalue weighted by Gasteiger charge is -2.33. The number of anilines is 1. The SMILES string of the molecule is CC1CCCCN1C(=O)c1cc(NN)ccc1[N+](=O)[O-]. The standard InChI is InChI=1S/C13H18N4O3/c1-9-4-2-3-7-16(9)13(18)11-8-10(15-14)5-6-12(11)17(19)20/h5-6,8-9,15H,2-4,7,14H2,1H3. The molecule has 3 N–H and O–H groups in total. The molecule has 0 radical (unpaired) electrons. The van der Waals surface area contributed by atoms with E-state index in [1.165, 1.54) is 18.2 Å². The predicted molar refractivity (Wildman–Crippen MR) is 75.3 cm³/mol. The van der Waals surface area contributed by atoms with Gasteiger partial charge in [0.05, 0.1) is 4.92 Å². The van der Waals surface area contributed by atoms with Crippen LogP contribution >= 0.6 is 0 Å². The zero-order valence-corrected chi connectivity index (χ0v) is 11.3. The number of hydrogen-bond acceptors (Lipinski definition) is 5. The second-order valence-electron chi connectivity index (χ2n) is 4.98. The van der Waals surface area contributed by atoms with E-state index in [0.717, 1.165) is 19.3 Å². The molecule has 1 aromatic rings. The number of carbonyl (C=O) groups is 1. The third-order valence-corrected chi connectivity index (χ3v) is 3.65. The minimum Gasteiger partial charge on any atom is -0.336 e. The van der Waals surface area contributed by atoms with Gasteiger partial charge in [-0.15, -0.1) is 0 Å². The Kier molecular flexibility index (Phi) is 4.19. The summed E-state index contributed by atoms with van der Waals surface area (Å²) in [6.07, 6.45) is 2.94. The molecule has 7 heteroatoms. The van der Waals surface area contributed by atoms with Crippen molar-refractivity contribution in [3.63, 3.8) is 0 Å².